The molecule has 0 saturated carbocycles. The van der Waals surface area contributed by atoms with E-state index in [1.165, 1.54) is 17.0 Å². The lowest BCUT2D eigenvalue weighted by molar-refractivity contribution is 0.175. The standard InChI is InChI=1S/C19H27ClN4/c1-6-17-13-16(15(4)22(17)5)14-23-9-11-24(12-10-23)19(21-8-3)18(20)7-2/h6-8,13H,1,3,9-12,14H2,2,4-5H3/b18-7+,21-19?. The van der Waals surface area contributed by atoms with Crippen LogP contribution in [0.15, 0.2) is 41.5 Å². The van der Waals surface area contributed by atoms with Gasteiger partial charge in [0.2, 0.25) is 0 Å². The molecule has 0 unspecified atom stereocenters. The lowest BCUT2D eigenvalue weighted by Crippen LogP contribution is -2.48. The van der Waals surface area contributed by atoms with Gasteiger partial charge in [0, 0.05) is 57.4 Å². The van der Waals surface area contributed by atoms with Crippen LogP contribution in [0.3, 0.4) is 0 Å². The fourth-order valence-electron chi connectivity index (χ4n) is 3.01. The number of piperazine rings is 1. The van der Waals surface area contributed by atoms with Crippen LogP contribution in [0.1, 0.15) is 23.9 Å². The second-order valence-corrected chi connectivity index (χ2v) is 6.39. The summed E-state index contributed by atoms with van der Waals surface area (Å²) in [4.78, 5) is 9.04. The Labute approximate surface area is 150 Å². The highest BCUT2D eigenvalue weighted by Crippen LogP contribution is 2.19. The summed E-state index contributed by atoms with van der Waals surface area (Å²) >= 11 is 6.28. The summed E-state index contributed by atoms with van der Waals surface area (Å²) in [5, 5.41) is 0.679. The van der Waals surface area contributed by atoms with Crippen LogP contribution < -0.4 is 0 Å². The largest absolute Gasteiger partial charge is 0.353 e. The second kappa shape index (κ2) is 8.36. The molecule has 0 aliphatic carbocycles. The minimum Gasteiger partial charge on any atom is -0.353 e. The number of aromatic nitrogens is 1. The molecule has 0 spiro atoms. The van der Waals surface area contributed by atoms with Gasteiger partial charge in [-0.1, -0.05) is 30.8 Å². The summed E-state index contributed by atoms with van der Waals surface area (Å²) in [5.41, 5.74) is 3.84. The molecule has 2 heterocycles. The molecule has 130 valence electrons. The van der Waals surface area contributed by atoms with Crippen LogP contribution in [0, 0.1) is 6.92 Å². The van der Waals surface area contributed by atoms with E-state index in [0.29, 0.717) is 5.03 Å². The number of nitrogens with zero attached hydrogens (tertiary/aromatic N) is 4. The molecule has 0 atom stereocenters. The molecule has 2 rings (SSSR count). The number of halogens is 1. The molecular formula is C19H27ClN4. The van der Waals surface area contributed by atoms with E-state index < -0.39 is 0 Å². The summed E-state index contributed by atoms with van der Waals surface area (Å²) < 4.78 is 2.19. The van der Waals surface area contributed by atoms with Gasteiger partial charge in [-0.2, -0.15) is 0 Å². The Hall–Kier alpha value is -1.78. The summed E-state index contributed by atoms with van der Waals surface area (Å²) in [5.74, 6) is 0.818. The van der Waals surface area contributed by atoms with Gasteiger partial charge >= 0.3 is 0 Å². The fraction of sp³-hybridized carbons (Fsp3) is 0.421. The fourth-order valence-corrected chi connectivity index (χ4v) is 3.18. The Morgan fingerprint density at radius 1 is 1.29 bits per heavy atom. The predicted octanol–water partition coefficient (Wildman–Crippen LogP) is 3.78. The van der Waals surface area contributed by atoms with Crippen LogP contribution in [-0.2, 0) is 13.6 Å². The SMILES string of the molecule is C=CN=C(/C(Cl)=C\C)N1CCN(Cc2cc(C=C)n(C)c2C)CC1. The zero-order valence-corrected chi connectivity index (χ0v) is 15.7. The third kappa shape index (κ3) is 4.00. The molecule has 0 amide bonds. The maximum Gasteiger partial charge on any atom is 0.147 e. The Balaban J connectivity index is 2.01. The van der Waals surface area contributed by atoms with Crippen LogP contribution in [-0.4, -0.2) is 46.4 Å². The first-order valence-corrected chi connectivity index (χ1v) is 8.65. The minimum absolute atomic E-state index is 0.679. The third-order valence-electron chi connectivity index (χ3n) is 4.63. The zero-order chi connectivity index (χ0) is 17.7. The molecular weight excluding hydrogens is 320 g/mol. The van der Waals surface area contributed by atoms with E-state index in [1.54, 1.807) is 6.20 Å². The number of amidine groups is 1. The first-order chi connectivity index (χ1) is 11.5. The maximum atomic E-state index is 6.28. The number of allylic oxidation sites excluding steroid dienone is 1. The van der Waals surface area contributed by atoms with Crippen LogP contribution in [0.25, 0.3) is 6.08 Å². The van der Waals surface area contributed by atoms with Crippen molar-refractivity contribution < 1.29 is 0 Å². The Morgan fingerprint density at radius 3 is 2.46 bits per heavy atom. The van der Waals surface area contributed by atoms with Gasteiger partial charge in [-0.15, -0.1) is 0 Å². The van der Waals surface area contributed by atoms with E-state index in [-0.39, 0.29) is 0 Å². The number of hydrogen-bond acceptors (Lipinski definition) is 2. The lowest BCUT2D eigenvalue weighted by atomic mass is 10.2. The Morgan fingerprint density at radius 2 is 1.96 bits per heavy atom. The van der Waals surface area contributed by atoms with Crippen molar-refractivity contribution in [1.29, 1.82) is 0 Å². The number of hydrogen-bond donors (Lipinski definition) is 0. The summed E-state index contributed by atoms with van der Waals surface area (Å²) in [7, 11) is 2.09. The average molecular weight is 347 g/mol. The van der Waals surface area contributed by atoms with Crippen LogP contribution in [0.4, 0.5) is 0 Å². The van der Waals surface area contributed by atoms with Crippen LogP contribution in [0.2, 0.25) is 0 Å². The van der Waals surface area contributed by atoms with Crippen molar-refractivity contribution in [3.8, 4) is 0 Å². The molecule has 24 heavy (non-hydrogen) atoms. The third-order valence-corrected chi connectivity index (χ3v) is 5.02. The van der Waals surface area contributed by atoms with E-state index in [9.17, 15) is 0 Å². The molecule has 1 aliphatic rings. The van der Waals surface area contributed by atoms with Gasteiger partial charge < -0.3 is 9.47 Å². The van der Waals surface area contributed by atoms with Gasteiger partial charge in [-0.3, -0.25) is 4.90 Å². The number of rotatable bonds is 5. The molecule has 4 nitrogen and oxygen atoms in total. The molecule has 0 bridgehead atoms. The van der Waals surface area contributed by atoms with E-state index in [0.717, 1.165) is 38.6 Å². The van der Waals surface area contributed by atoms with Crippen molar-refractivity contribution in [1.82, 2.24) is 14.4 Å². The molecule has 5 heteroatoms. The van der Waals surface area contributed by atoms with E-state index in [2.05, 4.69) is 52.6 Å². The van der Waals surface area contributed by atoms with Crippen molar-refractivity contribution in [2.75, 3.05) is 26.2 Å². The molecule has 1 aliphatic heterocycles. The monoisotopic (exact) mass is 346 g/mol. The summed E-state index contributed by atoms with van der Waals surface area (Å²) in [6.45, 7) is 16.4. The highest BCUT2D eigenvalue weighted by molar-refractivity contribution is 6.43. The normalized spacial score (nSPS) is 17.2. The van der Waals surface area contributed by atoms with Crippen LogP contribution >= 0.6 is 11.6 Å². The minimum atomic E-state index is 0.679. The molecule has 1 aromatic heterocycles. The molecule has 0 N–H and O–H groups in total. The topological polar surface area (TPSA) is 23.8 Å². The van der Waals surface area contributed by atoms with E-state index in [4.69, 9.17) is 11.6 Å². The van der Waals surface area contributed by atoms with E-state index in [1.807, 2.05) is 19.1 Å². The van der Waals surface area contributed by atoms with E-state index >= 15 is 0 Å². The quantitative estimate of drug-likeness (QED) is 0.598. The van der Waals surface area contributed by atoms with Gasteiger partial charge in [0.1, 0.15) is 5.84 Å². The van der Waals surface area contributed by atoms with Gasteiger partial charge in [-0.05, 0) is 31.6 Å². The average Bonchev–Trinajstić information content (AvgIpc) is 2.87. The Bertz CT molecular complexity index is 661. The second-order valence-electron chi connectivity index (χ2n) is 5.98. The maximum absolute atomic E-state index is 6.28. The first kappa shape index (κ1) is 18.6. The molecule has 1 fully saturated rings. The van der Waals surface area contributed by atoms with Crippen molar-refractivity contribution in [3.63, 3.8) is 0 Å². The van der Waals surface area contributed by atoms with Gasteiger partial charge in [0.25, 0.3) is 0 Å². The van der Waals surface area contributed by atoms with Gasteiger partial charge in [0.05, 0.1) is 5.03 Å². The molecule has 0 radical (unpaired) electrons. The van der Waals surface area contributed by atoms with Crippen molar-refractivity contribution >= 4 is 23.5 Å². The van der Waals surface area contributed by atoms with Crippen molar-refractivity contribution in [2.45, 2.75) is 20.4 Å². The van der Waals surface area contributed by atoms with Crippen molar-refractivity contribution in [3.05, 3.63) is 53.5 Å². The number of aliphatic imine (C=N–C) groups is 1. The summed E-state index contributed by atoms with van der Waals surface area (Å²) in [6, 6.07) is 2.23. The predicted molar refractivity (Wildman–Crippen MR) is 104 cm³/mol. The first-order valence-electron chi connectivity index (χ1n) is 8.27. The summed E-state index contributed by atoms with van der Waals surface area (Å²) in [6.07, 6.45) is 5.34. The molecule has 0 aromatic carbocycles. The van der Waals surface area contributed by atoms with Gasteiger partial charge in [-0.25, -0.2) is 4.99 Å². The van der Waals surface area contributed by atoms with Crippen molar-refractivity contribution in [2.24, 2.45) is 12.0 Å². The highest BCUT2D eigenvalue weighted by Gasteiger charge is 2.22. The van der Waals surface area contributed by atoms with Gasteiger partial charge in [0.15, 0.2) is 0 Å². The highest BCUT2D eigenvalue weighted by atomic mass is 35.5. The smallest absolute Gasteiger partial charge is 0.147 e. The molecule has 1 saturated heterocycles. The Kier molecular flexibility index (Phi) is 6.46. The van der Waals surface area contributed by atoms with Crippen LogP contribution in [0.5, 0.6) is 0 Å². The zero-order valence-electron chi connectivity index (χ0n) is 14.9. The lowest BCUT2D eigenvalue weighted by Gasteiger charge is -2.36. The molecule has 1 aromatic rings.